The number of nitrogens with two attached hydrogens (primary N) is 1. The van der Waals surface area contributed by atoms with E-state index in [0.29, 0.717) is 0 Å². The minimum atomic E-state index is -0.266. The van der Waals surface area contributed by atoms with Crippen LogP contribution in [0.1, 0.15) is 10.8 Å². The van der Waals surface area contributed by atoms with Crippen molar-refractivity contribution in [1.29, 1.82) is 0 Å². The molecule has 1 aromatic carbocycles. The van der Waals surface area contributed by atoms with Gasteiger partial charge in [0.05, 0.1) is 13.2 Å². The predicted octanol–water partition coefficient (Wildman–Crippen LogP) is 1.28. The molecular weight excluding hydrogens is 260 g/mol. The van der Waals surface area contributed by atoms with Crippen molar-refractivity contribution in [2.45, 2.75) is 5.25 Å². The summed E-state index contributed by atoms with van der Waals surface area (Å²) in [6, 6.07) is 9.73. The molecule has 4 nitrogen and oxygen atoms in total. The first kappa shape index (κ1) is 14.4. The monoisotopic (exact) mass is 280 g/mol. The van der Waals surface area contributed by atoms with Gasteiger partial charge in [0.25, 0.3) is 0 Å². The van der Waals surface area contributed by atoms with E-state index in [-0.39, 0.29) is 11.2 Å². The summed E-state index contributed by atoms with van der Waals surface area (Å²) in [5.74, 6) is 0.640. The van der Waals surface area contributed by atoms with Gasteiger partial charge in [-0.05, 0) is 5.56 Å². The van der Waals surface area contributed by atoms with E-state index >= 15 is 0 Å². The Morgan fingerprint density at radius 1 is 1.32 bits per heavy atom. The van der Waals surface area contributed by atoms with E-state index in [4.69, 9.17) is 10.5 Å². The van der Waals surface area contributed by atoms with E-state index in [2.05, 4.69) is 4.90 Å². The van der Waals surface area contributed by atoms with Gasteiger partial charge in [0, 0.05) is 25.4 Å². The van der Waals surface area contributed by atoms with Crippen molar-refractivity contribution in [3.63, 3.8) is 0 Å². The van der Waals surface area contributed by atoms with Gasteiger partial charge in [0.2, 0.25) is 5.91 Å². The minimum absolute atomic E-state index is 0.248. The van der Waals surface area contributed by atoms with Gasteiger partial charge < -0.3 is 10.5 Å². The molecule has 0 saturated carbocycles. The van der Waals surface area contributed by atoms with Gasteiger partial charge in [0.1, 0.15) is 5.25 Å². The van der Waals surface area contributed by atoms with Crippen LogP contribution in [-0.4, -0.2) is 49.4 Å². The number of amides is 1. The maximum atomic E-state index is 11.5. The van der Waals surface area contributed by atoms with Crippen LogP contribution in [0.25, 0.3) is 0 Å². The highest BCUT2D eigenvalue weighted by Gasteiger charge is 2.18. The molecule has 1 saturated heterocycles. The Hall–Kier alpha value is -1.04. The second-order valence-electron chi connectivity index (χ2n) is 4.52. The molecule has 0 spiro atoms. The Balaban J connectivity index is 1.82. The number of benzene rings is 1. The van der Waals surface area contributed by atoms with Gasteiger partial charge in [-0.1, -0.05) is 30.3 Å². The lowest BCUT2D eigenvalue weighted by molar-refractivity contribution is -0.117. The van der Waals surface area contributed by atoms with Gasteiger partial charge in [-0.25, -0.2) is 0 Å². The molecule has 5 heteroatoms. The van der Waals surface area contributed by atoms with Crippen LogP contribution in [0.15, 0.2) is 30.3 Å². The van der Waals surface area contributed by atoms with Crippen molar-refractivity contribution < 1.29 is 9.53 Å². The summed E-state index contributed by atoms with van der Waals surface area (Å²) in [5.41, 5.74) is 6.48. The maximum absolute atomic E-state index is 11.5. The van der Waals surface area contributed by atoms with Crippen LogP contribution in [-0.2, 0) is 9.53 Å². The first-order chi connectivity index (χ1) is 9.27. The van der Waals surface area contributed by atoms with E-state index in [0.717, 1.165) is 44.2 Å². The Kier molecular flexibility index (Phi) is 5.69. The van der Waals surface area contributed by atoms with E-state index in [1.54, 1.807) is 11.8 Å². The largest absolute Gasteiger partial charge is 0.379 e. The van der Waals surface area contributed by atoms with E-state index in [9.17, 15) is 4.79 Å². The normalized spacial score (nSPS) is 18.1. The van der Waals surface area contributed by atoms with Crippen LogP contribution >= 0.6 is 11.8 Å². The zero-order valence-electron chi connectivity index (χ0n) is 11.0. The molecule has 0 bridgehead atoms. The predicted molar refractivity (Wildman–Crippen MR) is 78.1 cm³/mol. The molecular formula is C14H20N2O2S. The number of nitrogens with zero attached hydrogens (tertiary/aromatic N) is 1. The van der Waals surface area contributed by atoms with Crippen molar-refractivity contribution in [3.8, 4) is 0 Å². The molecule has 0 unspecified atom stereocenters. The Bertz CT molecular complexity index is 394. The number of hydrogen-bond acceptors (Lipinski definition) is 4. The highest BCUT2D eigenvalue weighted by atomic mass is 32.2. The summed E-state index contributed by atoms with van der Waals surface area (Å²) in [4.78, 5) is 13.9. The van der Waals surface area contributed by atoms with Crippen LogP contribution in [0, 0.1) is 0 Å². The molecule has 1 aliphatic heterocycles. The zero-order valence-corrected chi connectivity index (χ0v) is 11.8. The Morgan fingerprint density at radius 2 is 2.00 bits per heavy atom. The first-order valence-electron chi connectivity index (χ1n) is 6.53. The molecule has 1 fully saturated rings. The van der Waals surface area contributed by atoms with Crippen molar-refractivity contribution in [1.82, 2.24) is 4.90 Å². The summed E-state index contributed by atoms with van der Waals surface area (Å²) >= 11 is 1.62. The summed E-state index contributed by atoms with van der Waals surface area (Å²) in [6.45, 7) is 4.55. The lowest BCUT2D eigenvalue weighted by Gasteiger charge is -2.26. The molecule has 1 aliphatic rings. The van der Waals surface area contributed by atoms with Gasteiger partial charge in [-0.2, -0.15) is 0 Å². The third-order valence-corrected chi connectivity index (χ3v) is 4.41. The molecule has 1 amide bonds. The quantitative estimate of drug-likeness (QED) is 0.853. The first-order valence-corrected chi connectivity index (χ1v) is 7.58. The molecule has 0 radical (unpaired) electrons. The number of rotatable bonds is 6. The van der Waals surface area contributed by atoms with Crippen LogP contribution < -0.4 is 5.73 Å². The summed E-state index contributed by atoms with van der Waals surface area (Å²) in [5, 5.41) is -0.248. The number of primary amides is 1. The maximum Gasteiger partial charge on any atom is 0.235 e. The van der Waals surface area contributed by atoms with Crippen molar-refractivity contribution in [3.05, 3.63) is 35.9 Å². The Labute approximate surface area is 118 Å². The molecule has 1 atom stereocenters. The van der Waals surface area contributed by atoms with Crippen LogP contribution in [0.4, 0.5) is 0 Å². The van der Waals surface area contributed by atoms with E-state index in [1.807, 2.05) is 30.3 Å². The van der Waals surface area contributed by atoms with Crippen LogP contribution in [0.5, 0.6) is 0 Å². The number of hydrogen-bond donors (Lipinski definition) is 1. The summed E-state index contributed by atoms with van der Waals surface area (Å²) in [7, 11) is 0. The molecule has 104 valence electrons. The molecule has 19 heavy (non-hydrogen) atoms. The summed E-state index contributed by atoms with van der Waals surface area (Å²) in [6.07, 6.45) is 0. The fourth-order valence-electron chi connectivity index (χ4n) is 2.09. The lowest BCUT2D eigenvalue weighted by atomic mass is 10.1. The average Bonchev–Trinajstić information content (AvgIpc) is 2.45. The fraction of sp³-hybridized carbons (Fsp3) is 0.500. The minimum Gasteiger partial charge on any atom is -0.379 e. The smallest absolute Gasteiger partial charge is 0.235 e. The zero-order chi connectivity index (χ0) is 13.5. The SMILES string of the molecule is NC(=O)[C@H](SCCN1CCOCC1)c1ccccc1. The van der Waals surface area contributed by atoms with Gasteiger partial charge in [-0.15, -0.1) is 11.8 Å². The number of thioether (sulfide) groups is 1. The molecule has 2 rings (SSSR count). The molecule has 1 aromatic rings. The second kappa shape index (κ2) is 7.53. The van der Waals surface area contributed by atoms with E-state index in [1.165, 1.54) is 0 Å². The average molecular weight is 280 g/mol. The number of morpholine rings is 1. The van der Waals surface area contributed by atoms with Gasteiger partial charge in [-0.3, -0.25) is 9.69 Å². The van der Waals surface area contributed by atoms with Crippen molar-refractivity contribution in [2.24, 2.45) is 5.73 Å². The number of carbonyl (C=O) groups excluding carboxylic acids is 1. The topological polar surface area (TPSA) is 55.6 Å². The highest BCUT2D eigenvalue weighted by Crippen LogP contribution is 2.28. The lowest BCUT2D eigenvalue weighted by Crippen LogP contribution is -2.37. The molecule has 0 aromatic heterocycles. The van der Waals surface area contributed by atoms with Crippen molar-refractivity contribution in [2.75, 3.05) is 38.6 Å². The molecule has 2 N–H and O–H groups in total. The van der Waals surface area contributed by atoms with Gasteiger partial charge in [0.15, 0.2) is 0 Å². The standard InChI is InChI=1S/C14H20N2O2S/c15-14(17)13(12-4-2-1-3-5-12)19-11-8-16-6-9-18-10-7-16/h1-5,13H,6-11H2,(H2,15,17)/t13-/m1/s1. The molecule has 0 aliphatic carbocycles. The third-order valence-electron chi connectivity index (χ3n) is 3.16. The van der Waals surface area contributed by atoms with E-state index < -0.39 is 0 Å². The number of ether oxygens (including phenoxy) is 1. The van der Waals surface area contributed by atoms with Gasteiger partial charge >= 0.3 is 0 Å². The molecule has 1 heterocycles. The highest BCUT2D eigenvalue weighted by molar-refractivity contribution is 8.00. The van der Waals surface area contributed by atoms with Crippen molar-refractivity contribution >= 4 is 17.7 Å². The second-order valence-corrected chi connectivity index (χ2v) is 5.73. The third kappa shape index (κ3) is 4.53. The van der Waals surface area contributed by atoms with Crippen LogP contribution in [0.2, 0.25) is 0 Å². The number of carbonyl (C=O) groups is 1. The summed E-state index contributed by atoms with van der Waals surface area (Å²) < 4.78 is 5.31. The fourth-order valence-corrected chi connectivity index (χ4v) is 3.21. The van der Waals surface area contributed by atoms with Crippen LogP contribution in [0.3, 0.4) is 0 Å². The Morgan fingerprint density at radius 3 is 2.63 bits per heavy atom.